The number of aryl methyl sites for hydroxylation is 1. The minimum Gasteiger partial charge on any atom is -0.311 e. The number of halogens is 2. The molecule has 1 heterocycles. The first-order valence-electron chi connectivity index (χ1n) is 5.15. The van der Waals surface area contributed by atoms with Gasteiger partial charge in [-0.3, -0.25) is 4.79 Å². The van der Waals surface area contributed by atoms with Crippen molar-refractivity contribution in [2.75, 3.05) is 0 Å². The molecule has 0 bridgehead atoms. The van der Waals surface area contributed by atoms with E-state index in [0.717, 1.165) is 5.56 Å². The third kappa shape index (κ3) is 2.87. The number of hydrogen-bond acceptors (Lipinski definition) is 2. The second-order valence-corrected chi connectivity index (χ2v) is 4.46. The van der Waals surface area contributed by atoms with E-state index >= 15 is 0 Å². The minimum absolute atomic E-state index is 0.178. The Hall–Kier alpha value is -1.32. The van der Waals surface area contributed by atoms with Crippen molar-refractivity contribution in [2.45, 2.75) is 13.3 Å². The van der Waals surface area contributed by atoms with Crippen molar-refractivity contribution in [2.24, 2.45) is 0 Å². The van der Waals surface area contributed by atoms with E-state index in [-0.39, 0.29) is 5.56 Å². The number of H-pyrrole nitrogens is 1. The van der Waals surface area contributed by atoms with Gasteiger partial charge in [0.1, 0.15) is 5.82 Å². The standard InChI is InChI=1S/C12H10Cl2N2O/c1-2-11-15-10(6-12(17)16-11)7-3-8(13)5-9(14)4-7/h3-6H,2H2,1H3,(H,15,16,17). The van der Waals surface area contributed by atoms with Crippen LogP contribution in [-0.2, 0) is 6.42 Å². The van der Waals surface area contributed by atoms with Crippen LogP contribution in [0.25, 0.3) is 11.3 Å². The summed E-state index contributed by atoms with van der Waals surface area (Å²) in [5, 5.41) is 1.04. The SMILES string of the molecule is CCc1nc(-c2cc(Cl)cc(Cl)c2)cc(=O)[nH]1. The van der Waals surface area contributed by atoms with E-state index in [1.54, 1.807) is 18.2 Å². The molecule has 0 spiro atoms. The number of aromatic nitrogens is 2. The third-order valence-corrected chi connectivity index (χ3v) is 2.72. The lowest BCUT2D eigenvalue weighted by Gasteiger charge is -2.04. The lowest BCUT2D eigenvalue weighted by molar-refractivity contribution is 0.924. The second-order valence-electron chi connectivity index (χ2n) is 3.59. The Kier molecular flexibility index (Phi) is 3.50. The quantitative estimate of drug-likeness (QED) is 0.909. The first kappa shape index (κ1) is 12.1. The minimum atomic E-state index is -0.178. The molecule has 1 N–H and O–H groups in total. The highest BCUT2D eigenvalue weighted by atomic mass is 35.5. The molecule has 0 amide bonds. The smallest absolute Gasteiger partial charge is 0.251 e. The third-order valence-electron chi connectivity index (χ3n) is 2.28. The zero-order chi connectivity index (χ0) is 12.4. The molecule has 0 saturated heterocycles. The largest absolute Gasteiger partial charge is 0.311 e. The topological polar surface area (TPSA) is 45.8 Å². The van der Waals surface area contributed by atoms with Crippen LogP contribution in [0.3, 0.4) is 0 Å². The maximum Gasteiger partial charge on any atom is 0.251 e. The zero-order valence-electron chi connectivity index (χ0n) is 9.13. The Bertz CT molecular complexity index is 587. The highest BCUT2D eigenvalue weighted by Gasteiger charge is 2.05. The fourth-order valence-corrected chi connectivity index (χ4v) is 2.05. The van der Waals surface area contributed by atoms with Gasteiger partial charge in [0.25, 0.3) is 5.56 Å². The average Bonchev–Trinajstić information content (AvgIpc) is 2.26. The fraction of sp³-hybridized carbons (Fsp3) is 0.167. The van der Waals surface area contributed by atoms with Crippen molar-refractivity contribution in [3.63, 3.8) is 0 Å². The van der Waals surface area contributed by atoms with Gasteiger partial charge in [-0.05, 0) is 18.2 Å². The summed E-state index contributed by atoms with van der Waals surface area (Å²) < 4.78 is 0. The van der Waals surface area contributed by atoms with Gasteiger partial charge in [0.05, 0.1) is 5.69 Å². The van der Waals surface area contributed by atoms with Crippen LogP contribution in [0.2, 0.25) is 10.0 Å². The lowest BCUT2D eigenvalue weighted by atomic mass is 10.1. The molecule has 0 atom stereocenters. The van der Waals surface area contributed by atoms with Gasteiger partial charge in [0, 0.05) is 28.1 Å². The fourth-order valence-electron chi connectivity index (χ4n) is 1.53. The summed E-state index contributed by atoms with van der Waals surface area (Å²) >= 11 is 11.8. The summed E-state index contributed by atoms with van der Waals surface area (Å²) in [6.45, 7) is 1.92. The number of benzene rings is 1. The van der Waals surface area contributed by atoms with Gasteiger partial charge in [-0.1, -0.05) is 30.1 Å². The van der Waals surface area contributed by atoms with Crippen molar-refractivity contribution < 1.29 is 0 Å². The molecule has 0 fully saturated rings. The van der Waals surface area contributed by atoms with Crippen LogP contribution in [0, 0.1) is 0 Å². The van der Waals surface area contributed by atoms with Crippen LogP contribution in [0.4, 0.5) is 0 Å². The molecule has 0 aliphatic heterocycles. The molecule has 0 saturated carbocycles. The van der Waals surface area contributed by atoms with E-state index in [0.29, 0.717) is 28.0 Å². The molecule has 0 unspecified atom stereocenters. The van der Waals surface area contributed by atoms with Gasteiger partial charge >= 0.3 is 0 Å². The Labute approximate surface area is 108 Å². The van der Waals surface area contributed by atoms with Gasteiger partial charge in [-0.15, -0.1) is 0 Å². The Morgan fingerprint density at radius 1 is 1.18 bits per heavy atom. The Morgan fingerprint density at radius 3 is 2.41 bits per heavy atom. The maximum absolute atomic E-state index is 11.5. The molecule has 1 aromatic heterocycles. The average molecular weight is 269 g/mol. The van der Waals surface area contributed by atoms with Crippen LogP contribution in [-0.4, -0.2) is 9.97 Å². The maximum atomic E-state index is 11.5. The van der Waals surface area contributed by atoms with E-state index in [2.05, 4.69) is 9.97 Å². The molecule has 1 aromatic carbocycles. The normalized spacial score (nSPS) is 10.5. The summed E-state index contributed by atoms with van der Waals surface area (Å²) in [7, 11) is 0. The van der Waals surface area contributed by atoms with Crippen molar-refractivity contribution in [1.82, 2.24) is 9.97 Å². The number of aromatic amines is 1. The number of rotatable bonds is 2. The summed E-state index contributed by atoms with van der Waals surface area (Å²) in [4.78, 5) is 18.4. The lowest BCUT2D eigenvalue weighted by Crippen LogP contribution is -2.10. The first-order chi connectivity index (χ1) is 8.08. The Balaban J connectivity index is 2.59. The zero-order valence-corrected chi connectivity index (χ0v) is 10.6. The molecule has 0 aliphatic carbocycles. The Morgan fingerprint density at radius 2 is 1.82 bits per heavy atom. The van der Waals surface area contributed by atoms with E-state index in [1.165, 1.54) is 6.07 Å². The van der Waals surface area contributed by atoms with Crippen LogP contribution in [0.5, 0.6) is 0 Å². The van der Waals surface area contributed by atoms with Crippen molar-refractivity contribution in [3.8, 4) is 11.3 Å². The molecule has 3 nitrogen and oxygen atoms in total. The molecule has 17 heavy (non-hydrogen) atoms. The van der Waals surface area contributed by atoms with Crippen LogP contribution < -0.4 is 5.56 Å². The van der Waals surface area contributed by atoms with E-state index in [4.69, 9.17) is 23.2 Å². The van der Waals surface area contributed by atoms with Gasteiger partial charge in [-0.25, -0.2) is 4.98 Å². The first-order valence-corrected chi connectivity index (χ1v) is 5.91. The molecular weight excluding hydrogens is 259 g/mol. The second kappa shape index (κ2) is 4.90. The van der Waals surface area contributed by atoms with Crippen molar-refractivity contribution in [3.05, 3.63) is 50.5 Å². The highest BCUT2D eigenvalue weighted by Crippen LogP contribution is 2.25. The van der Waals surface area contributed by atoms with Crippen LogP contribution in [0.15, 0.2) is 29.1 Å². The van der Waals surface area contributed by atoms with Gasteiger partial charge in [-0.2, -0.15) is 0 Å². The van der Waals surface area contributed by atoms with E-state index < -0.39 is 0 Å². The summed E-state index contributed by atoms with van der Waals surface area (Å²) in [6.07, 6.45) is 0.664. The van der Waals surface area contributed by atoms with Crippen LogP contribution >= 0.6 is 23.2 Å². The van der Waals surface area contributed by atoms with Gasteiger partial charge in [0.15, 0.2) is 0 Å². The molecule has 2 aromatic rings. The van der Waals surface area contributed by atoms with Gasteiger partial charge in [0.2, 0.25) is 0 Å². The van der Waals surface area contributed by atoms with Crippen LogP contribution in [0.1, 0.15) is 12.7 Å². The predicted molar refractivity (Wildman–Crippen MR) is 69.7 cm³/mol. The molecule has 2 rings (SSSR count). The summed E-state index contributed by atoms with van der Waals surface area (Å²) in [6, 6.07) is 6.53. The van der Waals surface area contributed by atoms with E-state index in [1.807, 2.05) is 6.92 Å². The highest BCUT2D eigenvalue weighted by molar-refractivity contribution is 6.35. The number of nitrogens with zero attached hydrogens (tertiary/aromatic N) is 1. The molecule has 0 aliphatic rings. The summed E-state index contributed by atoms with van der Waals surface area (Å²) in [5.74, 6) is 0.642. The molecular formula is C12H10Cl2N2O. The summed E-state index contributed by atoms with van der Waals surface area (Å²) in [5.41, 5.74) is 1.14. The number of hydrogen-bond donors (Lipinski definition) is 1. The monoisotopic (exact) mass is 268 g/mol. The number of nitrogens with one attached hydrogen (secondary N) is 1. The molecule has 0 radical (unpaired) electrons. The van der Waals surface area contributed by atoms with E-state index in [9.17, 15) is 4.79 Å². The van der Waals surface area contributed by atoms with Crippen molar-refractivity contribution >= 4 is 23.2 Å². The molecule has 5 heteroatoms. The van der Waals surface area contributed by atoms with Gasteiger partial charge < -0.3 is 4.98 Å². The predicted octanol–water partition coefficient (Wildman–Crippen LogP) is 3.31. The van der Waals surface area contributed by atoms with Crippen molar-refractivity contribution in [1.29, 1.82) is 0 Å². The molecule has 88 valence electrons.